The van der Waals surface area contributed by atoms with E-state index in [-0.39, 0.29) is 6.04 Å². The van der Waals surface area contributed by atoms with Crippen LogP contribution in [-0.2, 0) is 0 Å². The van der Waals surface area contributed by atoms with Gasteiger partial charge in [-0.25, -0.2) is 0 Å². The van der Waals surface area contributed by atoms with Crippen molar-refractivity contribution in [2.75, 3.05) is 5.75 Å². The molecule has 2 nitrogen and oxygen atoms in total. The highest BCUT2D eigenvalue weighted by Crippen LogP contribution is 2.29. The first kappa shape index (κ1) is 11.6. The zero-order chi connectivity index (χ0) is 11.4. The molecule has 2 aromatic rings. The zero-order valence-electron chi connectivity index (χ0n) is 8.60. The summed E-state index contributed by atoms with van der Waals surface area (Å²) in [6.07, 6.45) is 3.31. The second kappa shape index (κ2) is 5.43. The van der Waals surface area contributed by atoms with Crippen LogP contribution >= 0.6 is 23.4 Å². The van der Waals surface area contributed by atoms with Crippen LogP contribution in [0.3, 0.4) is 0 Å². The van der Waals surface area contributed by atoms with E-state index >= 15 is 0 Å². The van der Waals surface area contributed by atoms with Gasteiger partial charge in [0, 0.05) is 22.3 Å². The molecule has 0 aliphatic carbocycles. The highest BCUT2D eigenvalue weighted by molar-refractivity contribution is 7.99. The van der Waals surface area contributed by atoms with Crippen molar-refractivity contribution in [3.05, 3.63) is 53.4 Å². The Balaban J connectivity index is 1.95. The molecule has 1 aromatic heterocycles. The largest absolute Gasteiger partial charge is 0.472 e. The van der Waals surface area contributed by atoms with Crippen molar-refractivity contribution in [1.82, 2.24) is 0 Å². The Labute approximate surface area is 104 Å². The summed E-state index contributed by atoms with van der Waals surface area (Å²) >= 11 is 7.71. The predicted molar refractivity (Wildman–Crippen MR) is 67.8 cm³/mol. The van der Waals surface area contributed by atoms with Gasteiger partial charge in [-0.2, -0.15) is 0 Å². The third kappa shape index (κ3) is 2.82. The van der Waals surface area contributed by atoms with Crippen LogP contribution < -0.4 is 5.73 Å². The van der Waals surface area contributed by atoms with Gasteiger partial charge in [-0.1, -0.05) is 23.7 Å². The lowest BCUT2D eigenvalue weighted by atomic mass is 10.2. The van der Waals surface area contributed by atoms with Gasteiger partial charge in [-0.05, 0) is 18.2 Å². The van der Waals surface area contributed by atoms with Crippen LogP contribution in [0.15, 0.2) is 52.2 Å². The fraction of sp³-hybridized carbons (Fsp3) is 0.167. The maximum absolute atomic E-state index is 6.05. The molecule has 1 aromatic carbocycles. The summed E-state index contributed by atoms with van der Waals surface area (Å²) in [5, 5.41) is 0.770. The molecular formula is C12H12ClNOS. The van der Waals surface area contributed by atoms with Gasteiger partial charge in [0.1, 0.15) is 0 Å². The number of furan rings is 1. The van der Waals surface area contributed by atoms with Crippen molar-refractivity contribution < 1.29 is 4.42 Å². The fourth-order valence-corrected chi connectivity index (χ4v) is 2.56. The molecule has 0 fully saturated rings. The number of hydrogen-bond donors (Lipinski definition) is 1. The molecular weight excluding hydrogens is 242 g/mol. The van der Waals surface area contributed by atoms with Crippen molar-refractivity contribution >= 4 is 23.4 Å². The molecule has 2 N–H and O–H groups in total. The summed E-state index contributed by atoms with van der Waals surface area (Å²) in [4.78, 5) is 1.06. The van der Waals surface area contributed by atoms with Crippen LogP contribution in [0.25, 0.3) is 0 Å². The number of rotatable bonds is 4. The van der Waals surface area contributed by atoms with Gasteiger partial charge in [0.2, 0.25) is 0 Å². The molecule has 16 heavy (non-hydrogen) atoms. The maximum Gasteiger partial charge on any atom is 0.0950 e. The van der Waals surface area contributed by atoms with Gasteiger partial charge < -0.3 is 10.2 Å². The Morgan fingerprint density at radius 2 is 2.12 bits per heavy atom. The van der Waals surface area contributed by atoms with Crippen LogP contribution in [0, 0.1) is 0 Å². The molecule has 1 atom stereocenters. The quantitative estimate of drug-likeness (QED) is 0.844. The highest BCUT2D eigenvalue weighted by atomic mass is 35.5. The van der Waals surface area contributed by atoms with E-state index in [0.29, 0.717) is 0 Å². The lowest BCUT2D eigenvalue weighted by molar-refractivity contribution is 0.561. The van der Waals surface area contributed by atoms with Crippen molar-refractivity contribution in [1.29, 1.82) is 0 Å². The summed E-state index contributed by atoms with van der Waals surface area (Å²) in [5.41, 5.74) is 7.03. The van der Waals surface area contributed by atoms with E-state index in [2.05, 4.69) is 0 Å². The van der Waals surface area contributed by atoms with Crippen LogP contribution in [0.2, 0.25) is 5.02 Å². The highest BCUT2D eigenvalue weighted by Gasteiger charge is 2.08. The first-order chi connectivity index (χ1) is 7.77. The summed E-state index contributed by atoms with van der Waals surface area (Å²) < 4.78 is 5.00. The van der Waals surface area contributed by atoms with Crippen molar-refractivity contribution in [3.63, 3.8) is 0 Å². The van der Waals surface area contributed by atoms with Gasteiger partial charge in [-0.3, -0.25) is 0 Å². The first-order valence-corrected chi connectivity index (χ1v) is 6.29. The molecule has 4 heteroatoms. The van der Waals surface area contributed by atoms with Crippen LogP contribution in [0.5, 0.6) is 0 Å². The van der Waals surface area contributed by atoms with E-state index in [1.807, 2.05) is 30.3 Å². The molecule has 0 saturated carbocycles. The van der Waals surface area contributed by atoms with E-state index in [0.717, 1.165) is 21.2 Å². The van der Waals surface area contributed by atoms with Gasteiger partial charge >= 0.3 is 0 Å². The summed E-state index contributed by atoms with van der Waals surface area (Å²) in [7, 11) is 0. The fourth-order valence-electron chi connectivity index (χ4n) is 1.32. The molecule has 0 saturated heterocycles. The average molecular weight is 254 g/mol. The topological polar surface area (TPSA) is 39.2 Å². The molecule has 0 amide bonds. The monoisotopic (exact) mass is 253 g/mol. The Hall–Kier alpha value is -0.900. The van der Waals surface area contributed by atoms with Crippen LogP contribution in [0.4, 0.5) is 0 Å². The lowest BCUT2D eigenvalue weighted by Crippen LogP contribution is -2.11. The Bertz CT molecular complexity index is 444. The zero-order valence-corrected chi connectivity index (χ0v) is 10.2. The van der Waals surface area contributed by atoms with Gasteiger partial charge in [0.15, 0.2) is 0 Å². The lowest BCUT2D eigenvalue weighted by Gasteiger charge is -2.09. The van der Waals surface area contributed by atoms with Gasteiger partial charge in [0.05, 0.1) is 17.5 Å². The van der Waals surface area contributed by atoms with Crippen LogP contribution in [-0.4, -0.2) is 5.75 Å². The Kier molecular flexibility index (Phi) is 3.93. The van der Waals surface area contributed by atoms with Crippen LogP contribution in [0.1, 0.15) is 11.6 Å². The second-order valence-corrected chi connectivity index (χ2v) is 4.87. The van der Waals surface area contributed by atoms with Crippen molar-refractivity contribution in [2.45, 2.75) is 10.9 Å². The van der Waals surface area contributed by atoms with Gasteiger partial charge in [0.25, 0.3) is 0 Å². The molecule has 0 aliphatic rings. The standard InChI is InChI=1S/C12H12ClNOS/c13-10-3-1-2-4-12(10)16-8-11(14)9-5-6-15-7-9/h1-7,11H,8,14H2. The molecule has 1 heterocycles. The molecule has 1 unspecified atom stereocenters. The minimum absolute atomic E-state index is 0.0278. The molecule has 2 rings (SSSR count). The molecule has 0 spiro atoms. The van der Waals surface area contributed by atoms with E-state index in [1.165, 1.54) is 0 Å². The normalized spacial score (nSPS) is 12.6. The number of thioether (sulfide) groups is 1. The van der Waals surface area contributed by atoms with E-state index in [1.54, 1.807) is 24.3 Å². The Morgan fingerprint density at radius 1 is 1.31 bits per heavy atom. The Morgan fingerprint density at radius 3 is 2.81 bits per heavy atom. The molecule has 0 radical (unpaired) electrons. The summed E-state index contributed by atoms with van der Waals surface area (Å²) in [6, 6.07) is 9.63. The van der Waals surface area contributed by atoms with E-state index in [4.69, 9.17) is 21.8 Å². The maximum atomic E-state index is 6.05. The number of nitrogens with two attached hydrogens (primary N) is 1. The number of hydrogen-bond acceptors (Lipinski definition) is 3. The summed E-state index contributed by atoms with van der Waals surface area (Å²) in [5.74, 6) is 0.781. The third-order valence-corrected chi connectivity index (χ3v) is 3.86. The van der Waals surface area contributed by atoms with Crippen molar-refractivity contribution in [2.24, 2.45) is 5.73 Å². The molecule has 84 valence electrons. The van der Waals surface area contributed by atoms with Crippen molar-refractivity contribution in [3.8, 4) is 0 Å². The minimum Gasteiger partial charge on any atom is -0.472 e. The van der Waals surface area contributed by atoms with E-state index in [9.17, 15) is 0 Å². The SMILES string of the molecule is NC(CSc1ccccc1Cl)c1ccoc1. The van der Waals surface area contributed by atoms with Gasteiger partial charge in [-0.15, -0.1) is 11.8 Å². The first-order valence-electron chi connectivity index (χ1n) is 4.92. The smallest absolute Gasteiger partial charge is 0.0950 e. The summed E-state index contributed by atoms with van der Waals surface area (Å²) in [6.45, 7) is 0. The number of benzene rings is 1. The minimum atomic E-state index is -0.0278. The average Bonchev–Trinajstić information content (AvgIpc) is 2.81. The molecule has 0 bridgehead atoms. The predicted octanol–water partition coefficient (Wildman–Crippen LogP) is 3.73. The van der Waals surface area contributed by atoms with E-state index < -0.39 is 0 Å². The second-order valence-electron chi connectivity index (χ2n) is 3.40. The number of halogens is 1. The third-order valence-electron chi connectivity index (χ3n) is 2.23. The molecule has 0 aliphatic heterocycles.